The molecule has 0 fully saturated rings. The van der Waals surface area contributed by atoms with Crippen LogP contribution in [0.2, 0.25) is 0 Å². The Kier molecular flexibility index (Phi) is 4.08. The molecule has 0 saturated heterocycles. The van der Waals surface area contributed by atoms with Crippen LogP contribution in [0.4, 0.5) is 0 Å². The van der Waals surface area contributed by atoms with Gasteiger partial charge in [-0.05, 0) is 31.0 Å². The van der Waals surface area contributed by atoms with Crippen LogP contribution in [0.5, 0.6) is 0 Å². The van der Waals surface area contributed by atoms with Crippen molar-refractivity contribution in [2.45, 2.75) is 32.7 Å². The van der Waals surface area contributed by atoms with Gasteiger partial charge in [-0.15, -0.1) is 0 Å². The minimum absolute atomic E-state index is 0.109. The molecule has 0 aliphatic heterocycles. The van der Waals surface area contributed by atoms with E-state index in [0.717, 1.165) is 17.4 Å². The van der Waals surface area contributed by atoms with Crippen LogP contribution >= 0.6 is 0 Å². The highest BCUT2D eigenvalue weighted by atomic mass is 16.4. The summed E-state index contributed by atoms with van der Waals surface area (Å²) in [6, 6.07) is 5.29. The van der Waals surface area contributed by atoms with Gasteiger partial charge in [0.05, 0.1) is 12.0 Å². The van der Waals surface area contributed by atoms with Crippen LogP contribution in [0, 0.1) is 0 Å². The molecule has 1 heterocycles. The maximum absolute atomic E-state index is 12.1. The van der Waals surface area contributed by atoms with E-state index in [1.807, 2.05) is 25.1 Å². The average Bonchev–Trinajstić information content (AvgIpc) is 2.80. The first kappa shape index (κ1) is 14.1. The first-order valence-electron chi connectivity index (χ1n) is 6.54. The number of hydrogen-bond acceptors (Lipinski definition) is 3. The van der Waals surface area contributed by atoms with Crippen molar-refractivity contribution in [2.75, 3.05) is 0 Å². The van der Waals surface area contributed by atoms with Gasteiger partial charge in [0.1, 0.15) is 11.8 Å². The van der Waals surface area contributed by atoms with E-state index in [-0.39, 0.29) is 12.3 Å². The van der Waals surface area contributed by atoms with Gasteiger partial charge in [-0.25, -0.2) is 0 Å². The largest absolute Gasteiger partial charge is 0.481 e. The Morgan fingerprint density at radius 1 is 1.40 bits per heavy atom. The van der Waals surface area contributed by atoms with Crippen LogP contribution < -0.4 is 5.32 Å². The van der Waals surface area contributed by atoms with E-state index in [1.54, 1.807) is 6.92 Å². The number of carbonyl (C=O) groups excluding carboxylic acids is 1. The van der Waals surface area contributed by atoms with E-state index in [9.17, 15) is 9.59 Å². The number of aliphatic carboxylic acids is 1. The Labute approximate surface area is 116 Å². The average molecular weight is 275 g/mol. The topological polar surface area (TPSA) is 79.5 Å². The van der Waals surface area contributed by atoms with Gasteiger partial charge in [0, 0.05) is 11.4 Å². The number of carboxylic acid groups (broad SMARTS) is 1. The van der Waals surface area contributed by atoms with E-state index in [2.05, 4.69) is 5.32 Å². The van der Waals surface area contributed by atoms with Gasteiger partial charge in [0.15, 0.2) is 0 Å². The number of nitrogens with one attached hydrogen (secondary N) is 1. The molecule has 1 atom stereocenters. The summed E-state index contributed by atoms with van der Waals surface area (Å²) in [5.74, 6) is -1.26. The van der Waals surface area contributed by atoms with Crippen LogP contribution in [-0.2, 0) is 11.2 Å². The molecule has 1 amide bonds. The number of carboxylic acids is 1. The van der Waals surface area contributed by atoms with Crippen molar-refractivity contribution in [1.82, 2.24) is 5.32 Å². The van der Waals surface area contributed by atoms with E-state index in [1.165, 1.54) is 6.26 Å². The molecule has 1 unspecified atom stereocenters. The minimum atomic E-state index is -0.942. The summed E-state index contributed by atoms with van der Waals surface area (Å²) < 4.78 is 5.36. The zero-order valence-electron chi connectivity index (χ0n) is 11.5. The molecule has 2 rings (SSSR count). The summed E-state index contributed by atoms with van der Waals surface area (Å²) in [6.45, 7) is 3.70. The van der Waals surface area contributed by atoms with Crippen molar-refractivity contribution < 1.29 is 19.1 Å². The smallest absolute Gasteiger partial charge is 0.305 e. The van der Waals surface area contributed by atoms with Crippen LogP contribution in [0.1, 0.15) is 36.2 Å². The standard InChI is InChI=1S/C15H17NO4/c1-3-10-4-5-13-11(7-10)12(8-20-13)15(19)16-9(2)6-14(17)18/h4-5,7-9H,3,6H2,1-2H3,(H,16,19)(H,17,18). The summed E-state index contributed by atoms with van der Waals surface area (Å²) in [6.07, 6.45) is 2.17. The Morgan fingerprint density at radius 2 is 2.15 bits per heavy atom. The molecule has 0 aliphatic carbocycles. The van der Waals surface area contributed by atoms with E-state index >= 15 is 0 Å². The molecule has 0 aliphatic rings. The predicted octanol–water partition coefficient (Wildman–Crippen LogP) is 2.59. The fraction of sp³-hybridized carbons (Fsp3) is 0.333. The fourth-order valence-electron chi connectivity index (χ4n) is 2.09. The van der Waals surface area contributed by atoms with Gasteiger partial charge in [-0.2, -0.15) is 0 Å². The molecule has 5 nitrogen and oxygen atoms in total. The molecule has 2 N–H and O–H groups in total. The number of aryl methyl sites for hydroxylation is 1. The second-order valence-corrected chi connectivity index (χ2v) is 4.81. The summed E-state index contributed by atoms with van der Waals surface area (Å²) in [5.41, 5.74) is 2.21. The number of amides is 1. The van der Waals surface area contributed by atoms with Crippen molar-refractivity contribution in [3.05, 3.63) is 35.6 Å². The summed E-state index contributed by atoms with van der Waals surface area (Å²) >= 11 is 0. The summed E-state index contributed by atoms with van der Waals surface area (Å²) in [5, 5.41) is 12.1. The van der Waals surface area contributed by atoms with Crippen LogP contribution in [0.3, 0.4) is 0 Å². The zero-order chi connectivity index (χ0) is 14.7. The lowest BCUT2D eigenvalue weighted by Crippen LogP contribution is -2.34. The molecule has 0 bridgehead atoms. The highest BCUT2D eigenvalue weighted by molar-refractivity contribution is 6.06. The Balaban J connectivity index is 2.23. The molecule has 1 aromatic carbocycles. The molecule has 0 radical (unpaired) electrons. The normalized spacial score (nSPS) is 12.3. The molecule has 2 aromatic rings. The number of furan rings is 1. The number of benzene rings is 1. The lowest BCUT2D eigenvalue weighted by Gasteiger charge is -2.10. The molecule has 20 heavy (non-hydrogen) atoms. The fourth-order valence-corrected chi connectivity index (χ4v) is 2.09. The molecule has 0 saturated carbocycles. The predicted molar refractivity (Wildman–Crippen MR) is 74.8 cm³/mol. The first-order valence-corrected chi connectivity index (χ1v) is 6.54. The lowest BCUT2D eigenvalue weighted by molar-refractivity contribution is -0.137. The van der Waals surface area contributed by atoms with E-state index in [4.69, 9.17) is 9.52 Å². The quantitative estimate of drug-likeness (QED) is 0.879. The molecular formula is C15H17NO4. The third kappa shape index (κ3) is 2.99. The maximum Gasteiger partial charge on any atom is 0.305 e. The highest BCUT2D eigenvalue weighted by Gasteiger charge is 2.17. The lowest BCUT2D eigenvalue weighted by atomic mass is 10.1. The minimum Gasteiger partial charge on any atom is -0.481 e. The SMILES string of the molecule is CCc1ccc2occ(C(=O)NC(C)CC(=O)O)c2c1. The molecule has 0 spiro atoms. The Morgan fingerprint density at radius 3 is 2.80 bits per heavy atom. The van der Waals surface area contributed by atoms with Gasteiger partial charge in [-0.1, -0.05) is 13.0 Å². The van der Waals surface area contributed by atoms with Gasteiger partial charge < -0.3 is 14.8 Å². The highest BCUT2D eigenvalue weighted by Crippen LogP contribution is 2.23. The number of fused-ring (bicyclic) bond motifs is 1. The molecular weight excluding hydrogens is 258 g/mol. The molecule has 106 valence electrons. The molecule has 5 heteroatoms. The van der Waals surface area contributed by atoms with Crippen LogP contribution in [0.15, 0.2) is 28.9 Å². The zero-order valence-corrected chi connectivity index (χ0v) is 11.5. The van der Waals surface area contributed by atoms with Crippen LogP contribution in [0.25, 0.3) is 11.0 Å². The van der Waals surface area contributed by atoms with E-state index in [0.29, 0.717) is 11.1 Å². The van der Waals surface area contributed by atoms with Gasteiger partial charge >= 0.3 is 5.97 Å². The first-order chi connectivity index (χ1) is 9.51. The van der Waals surface area contributed by atoms with Gasteiger partial charge in [0.2, 0.25) is 0 Å². The number of hydrogen-bond donors (Lipinski definition) is 2. The van der Waals surface area contributed by atoms with Crippen molar-refractivity contribution in [2.24, 2.45) is 0 Å². The second-order valence-electron chi connectivity index (χ2n) is 4.81. The van der Waals surface area contributed by atoms with Crippen molar-refractivity contribution >= 4 is 22.8 Å². The van der Waals surface area contributed by atoms with Gasteiger partial charge in [-0.3, -0.25) is 9.59 Å². The third-order valence-corrected chi connectivity index (χ3v) is 3.15. The number of rotatable bonds is 5. The van der Waals surface area contributed by atoms with Crippen molar-refractivity contribution in [3.63, 3.8) is 0 Å². The summed E-state index contributed by atoms with van der Waals surface area (Å²) in [4.78, 5) is 22.8. The second kappa shape index (κ2) is 5.77. The van der Waals surface area contributed by atoms with E-state index < -0.39 is 12.0 Å². The van der Waals surface area contributed by atoms with Gasteiger partial charge in [0.25, 0.3) is 5.91 Å². The Bertz CT molecular complexity index is 644. The van der Waals surface area contributed by atoms with Crippen LogP contribution in [-0.4, -0.2) is 23.0 Å². The Hall–Kier alpha value is -2.30. The van der Waals surface area contributed by atoms with Crippen molar-refractivity contribution in [1.29, 1.82) is 0 Å². The van der Waals surface area contributed by atoms with Crippen molar-refractivity contribution in [3.8, 4) is 0 Å². The monoisotopic (exact) mass is 275 g/mol. The molecule has 1 aromatic heterocycles. The third-order valence-electron chi connectivity index (χ3n) is 3.15. The summed E-state index contributed by atoms with van der Waals surface area (Å²) in [7, 11) is 0. The number of carbonyl (C=O) groups is 2. The maximum atomic E-state index is 12.1.